The minimum Gasteiger partial charge on any atom is -0.465 e. The van der Waals surface area contributed by atoms with Crippen molar-refractivity contribution in [2.24, 2.45) is 17.8 Å². The highest BCUT2D eigenvalue weighted by molar-refractivity contribution is 5.98. The summed E-state index contributed by atoms with van der Waals surface area (Å²) in [5.74, 6) is -2.17. The first kappa shape index (κ1) is 32.3. The third kappa shape index (κ3) is 6.33. The lowest BCUT2D eigenvalue weighted by molar-refractivity contribution is -0.162. The molecule has 226 valence electrons. The number of amides is 2. The van der Waals surface area contributed by atoms with Crippen molar-refractivity contribution in [2.75, 3.05) is 32.8 Å². The molecule has 1 spiro atoms. The van der Waals surface area contributed by atoms with E-state index < -0.39 is 35.0 Å². The van der Waals surface area contributed by atoms with Crippen LogP contribution in [0.4, 0.5) is 0 Å². The van der Waals surface area contributed by atoms with Gasteiger partial charge in [-0.2, -0.15) is 0 Å². The van der Waals surface area contributed by atoms with Crippen molar-refractivity contribution in [3.8, 4) is 0 Å². The van der Waals surface area contributed by atoms with E-state index in [0.29, 0.717) is 39.1 Å². The smallest absolute Gasteiger partial charge is 0.312 e. The first-order valence-corrected chi connectivity index (χ1v) is 15.5. The Kier molecular flexibility index (Phi) is 11.8. The molecule has 0 aliphatic carbocycles. The molecule has 2 amide bonds. The Bertz CT molecular complexity index is 908. The molecule has 3 heterocycles. The molecule has 0 aromatic heterocycles. The number of hydrogen-bond acceptors (Lipinski definition) is 6. The van der Waals surface area contributed by atoms with E-state index in [-0.39, 0.29) is 24.3 Å². The molecule has 3 rings (SSSR count). The fourth-order valence-electron chi connectivity index (χ4n) is 7.19. The Morgan fingerprint density at radius 2 is 1.88 bits per heavy atom. The number of aliphatic hydroxyl groups is 1. The molecule has 3 fully saturated rings. The minimum absolute atomic E-state index is 0.0115. The third-order valence-corrected chi connectivity index (χ3v) is 9.35. The van der Waals surface area contributed by atoms with Crippen molar-refractivity contribution < 1.29 is 29.0 Å². The number of unbranched alkanes of at least 4 members (excludes halogenated alkanes) is 7. The van der Waals surface area contributed by atoms with Gasteiger partial charge in [-0.25, -0.2) is 0 Å². The number of rotatable bonds is 19. The van der Waals surface area contributed by atoms with E-state index in [1.807, 2.05) is 17.9 Å². The number of fused-ring (bicyclic) bond motifs is 1. The third-order valence-electron chi connectivity index (χ3n) is 9.35. The molecule has 3 aliphatic heterocycles. The molecule has 3 unspecified atom stereocenters. The number of likely N-dealkylation sites (tertiary alicyclic amines) is 1. The second-order valence-electron chi connectivity index (χ2n) is 12.1. The zero-order valence-corrected chi connectivity index (χ0v) is 25.1. The van der Waals surface area contributed by atoms with Crippen LogP contribution in [-0.4, -0.2) is 82.8 Å². The Morgan fingerprint density at radius 3 is 2.55 bits per heavy atom. The Morgan fingerprint density at radius 1 is 1.12 bits per heavy atom. The van der Waals surface area contributed by atoms with E-state index >= 15 is 0 Å². The van der Waals surface area contributed by atoms with Gasteiger partial charge < -0.3 is 24.4 Å². The van der Waals surface area contributed by atoms with Gasteiger partial charge in [0.25, 0.3) is 0 Å². The molecular formula is C32H52N2O6. The van der Waals surface area contributed by atoms with E-state index in [4.69, 9.17) is 14.6 Å². The van der Waals surface area contributed by atoms with Crippen molar-refractivity contribution in [3.63, 3.8) is 0 Å². The molecule has 0 radical (unpaired) electrons. The topological polar surface area (TPSA) is 96.4 Å². The van der Waals surface area contributed by atoms with E-state index in [2.05, 4.69) is 27.0 Å². The molecule has 8 nitrogen and oxygen atoms in total. The molecule has 6 atom stereocenters. The summed E-state index contributed by atoms with van der Waals surface area (Å²) in [4.78, 5) is 45.7. The van der Waals surface area contributed by atoms with Gasteiger partial charge in [-0.1, -0.05) is 51.7 Å². The normalized spacial score (nSPS) is 30.4. The number of aliphatic hydroxyl groups excluding tert-OH is 1. The fourth-order valence-corrected chi connectivity index (χ4v) is 7.19. The predicted octanol–water partition coefficient (Wildman–Crippen LogP) is 4.65. The van der Waals surface area contributed by atoms with Crippen LogP contribution in [0.3, 0.4) is 0 Å². The lowest BCUT2D eigenvalue weighted by atomic mass is 9.62. The average molecular weight is 561 g/mol. The summed E-state index contributed by atoms with van der Waals surface area (Å²) in [5.41, 5.74) is -1.92. The summed E-state index contributed by atoms with van der Waals surface area (Å²) in [6.07, 6.45) is 12.7. The van der Waals surface area contributed by atoms with E-state index in [0.717, 1.165) is 57.8 Å². The maximum Gasteiger partial charge on any atom is 0.312 e. The van der Waals surface area contributed by atoms with Crippen LogP contribution in [0.25, 0.3) is 0 Å². The molecule has 3 saturated heterocycles. The zero-order valence-electron chi connectivity index (χ0n) is 25.1. The Hall–Kier alpha value is -2.19. The van der Waals surface area contributed by atoms with Gasteiger partial charge in [0, 0.05) is 26.2 Å². The minimum atomic E-state index is -1.05. The average Bonchev–Trinajstić information content (AvgIpc) is 3.44. The van der Waals surface area contributed by atoms with Gasteiger partial charge in [0.15, 0.2) is 0 Å². The van der Waals surface area contributed by atoms with Crippen molar-refractivity contribution in [2.45, 2.75) is 109 Å². The van der Waals surface area contributed by atoms with Crippen LogP contribution in [0.1, 0.15) is 91.4 Å². The van der Waals surface area contributed by atoms with Crippen molar-refractivity contribution in [1.29, 1.82) is 0 Å². The molecule has 40 heavy (non-hydrogen) atoms. The first-order valence-electron chi connectivity index (χ1n) is 15.5. The number of hydrogen-bond donors (Lipinski definition) is 1. The van der Waals surface area contributed by atoms with Crippen molar-refractivity contribution in [3.05, 3.63) is 25.3 Å². The van der Waals surface area contributed by atoms with Gasteiger partial charge in [0.2, 0.25) is 11.8 Å². The quantitative estimate of drug-likeness (QED) is 0.140. The molecular weight excluding hydrogens is 508 g/mol. The maximum atomic E-state index is 14.4. The highest BCUT2D eigenvalue weighted by Gasteiger charge is 2.80. The number of nitrogens with zero attached hydrogens (tertiary/aromatic N) is 2. The summed E-state index contributed by atoms with van der Waals surface area (Å²) in [6.45, 7) is 15.6. The van der Waals surface area contributed by atoms with E-state index in [1.165, 1.54) is 0 Å². The fraction of sp³-hybridized carbons (Fsp3) is 0.781. The Labute approximate surface area is 241 Å². The van der Waals surface area contributed by atoms with E-state index in [9.17, 15) is 14.4 Å². The summed E-state index contributed by atoms with van der Waals surface area (Å²) >= 11 is 0. The van der Waals surface area contributed by atoms with Crippen LogP contribution in [0, 0.1) is 17.8 Å². The van der Waals surface area contributed by atoms with Gasteiger partial charge in [-0.15, -0.1) is 13.2 Å². The molecule has 2 bridgehead atoms. The summed E-state index contributed by atoms with van der Waals surface area (Å²) in [5, 5.41) is 9.16. The standard InChI is InChI=1S/C32H52N2O6/c1-6-9-11-17-22-39-30(38)26-25-28(36)34(20-15-12-13-16-21-35)27(32(25)23-24(4)31(26,5)40-32)29(37)33(18-8-3)19-14-10-7-2/h6,8,24-27,35H,1,3,7,9-23H2,2,4-5H3/t24?,25-,26+,27?,31-,32?/m0/s1. The van der Waals surface area contributed by atoms with Crippen LogP contribution in [0.2, 0.25) is 0 Å². The van der Waals surface area contributed by atoms with Crippen LogP contribution in [0.5, 0.6) is 0 Å². The highest BCUT2D eigenvalue weighted by Crippen LogP contribution is 2.65. The predicted molar refractivity (Wildman–Crippen MR) is 155 cm³/mol. The summed E-state index contributed by atoms with van der Waals surface area (Å²) in [6, 6.07) is -0.779. The van der Waals surface area contributed by atoms with Gasteiger partial charge in [0.05, 0.1) is 18.1 Å². The maximum absolute atomic E-state index is 14.4. The van der Waals surface area contributed by atoms with Crippen LogP contribution in [0.15, 0.2) is 25.3 Å². The second kappa shape index (κ2) is 14.6. The SMILES string of the molecule is C=CCCCCOC(=O)[C@H]1[C@H]2C(=O)N(CCCCCCO)C(C(=O)N(CC=C)CCCCC)C23CC(C)[C@]1(C)O3. The number of carbonyl (C=O) groups is 3. The number of carbonyl (C=O) groups excluding carboxylic acids is 3. The van der Waals surface area contributed by atoms with Crippen molar-refractivity contribution >= 4 is 17.8 Å². The molecule has 8 heteroatoms. The van der Waals surface area contributed by atoms with Gasteiger partial charge >= 0.3 is 5.97 Å². The molecule has 0 aromatic rings. The largest absolute Gasteiger partial charge is 0.465 e. The van der Waals surface area contributed by atoms with Gasteiger partial charge in [0.1, 0.15) is 17.6 Å². The zero-order chi connectivity index (χ0) is 29.3. The monoisotopic (exact) mass is 560 g/mol. The molecule has 0 saturated carbocycles. The summed E-state index contributed by atoms with van der Waals surface area (Å²) < 4.78 is 12.6. The van der Waals surface area contributed by atoms with Gasteiger partial charge in [-0.05, 0) is 57.8 Å². The van der Waals surface area contributed by atoms with Crippen LogP contribution < -0.4 is 0 Å². The van der Waals surface area contributed by atoms with Crippen molar-refractivity contribution in [1.82, 2.24) is 9.80 Å². The molecule has 3 aliphatic rings. The van der Waals surface area contributed by atoms with Crippen LogP contribution >= 0.6 is 0 Å². The first-order chi connectivity index (χ1) is 19.2. The molecule has 0 aromatic carbocycles. The number of allylic oxidation sites excluding steroid dienone is 1. The number of esters is 1. The number of ether oxygens (including phenoxy) is 2. The Balaban J connectivity index is 1.92. The van der Waals surface area contributed by atoms with Crippen LogP contribution in [-0.2, 0) is 23.9 Å². The lowest BCUT2D eigenvalue weighted by Crippen LogP contribution is -2.56. The summed E-state index contributed by atoms with van der Waals surface area (Å²) in [7, 11) is 0. The molecule has 1 N–H and O–H groups in total. The lowest BCUT2D eigenvalue weighted by Gasteiger charge is -2.37. The second-order valence-corrected chi connectivity index (χ2v) is 12.1. The van der Waals surface area contributed by atoms with Gasteiger partial charge in [-0.3, -0.25) is 14.4 Å². The van der Waals surface area contributed by atoms with E-state index in [1.54, 1.807) is 11.0 Å². The highest BCUT2D eigenvalue weighted by atomic mass is 16.6.